The van der Waals surface area contributed by atoms with Crippen LogP contribution in [0.4, 0.5) is 5.69 Å². The van der Waals surface area contributed by atoms with Gasteiger partial charge in [-0.2, -0.15) is 0 Å². The molecule has 3 fully saturated rings. The van der Waals surface area contributed by atoms with E-state index in [1.807, 2.05) is 0 Å². The van der Waals surface area contributed by atoms with Crippen molar-refractivity contribution in [2.45, 2.75) is 31.9 Å². The molecule has 0 aromatic heterocycles. The number of rotatable bonds is 2. The average Bonchev–Trinajstić information content (AvgIpc) is 2.56. The van der Waals surface area contributed by atoms with Crippen LogP contribution in [0.2, 0.25) is 0 Å². The molecule has 7 heteroatoms. The van der Waals surface area contributed by atoms with Gasteiger partial charge in [-0.15, -0.1) is 12.4 Å². The molecule has 0 aliphatic carbocycles. The van der Waals surface area contributed by atoms with Crippen molar-refractivity contribution in [3.05, 3.63) is 23.8 Å². The summed E-state index contributed by atoms with van der Waals surface area (Å²) in [6.07, 6.45) is 1.72. The number of piperidine rings is 3. The SMILES string of the molecule is CC1Oc2c(cccc2C(=O)NC2CN3CCC2CC3)NC1=O.Cl. The van der Waals surface area contributed by atoms with E-state index in [2.05, 4.69) is 15.5 Å². The van der Waals surface area contributed by atoms with Crippen LogP contribution in [-0.4, -0.2) is 48.5 Å². The van der Waals surface area contributed by atoms with Gasteiger partial charge in [0.2, 0.25) is 0 Å². The second-order valence-electron chi connectivity index (χ2n) is 6.65. The first kappa shape index (κ1) is 17.0. The molecule has 6 nitrogen and oxygen atoms in total. The summed E-state index contributed by atoms with van der Waals surface area (Å²) in [7, 11) is 0. The molecule has 4 aliphatic heterocycles. The molecule has 0 radical (unpaired) electrons. The van der Waals surface area contributed by atoms with Crippen molar-refractivity contribution in [1.29, 1.82) is 0 Å². The number of hydrogen-bond donors (Lipinski definition) is 2. The van der Waals surface area contributed by atoms with E-state index in [0.717, 1.165) is 32.5 Å². The molecule has 3 saturated heterocycles. The van der Waals surface area contributed by atoms with Gasteiger partial charge < -0.3 is 20.3 Å². The van der Waals surface area contributed by atoms with Crippen molar-refractivity contribution in [3.63, 3.8) is 0 Å². The second kappa shape index (κ2) is 6.61. The smallest absolute Gasteiger partial charge is 0.265 e. The maximum atomic E-state index is 12.7. The lowest BCUT2D eigenvalue weighted by Gasteiger charge is -2.45. The summed E-state index contributed by atoms with van der Waals surface area (Å²) in [5.74, 6) is 0.734. The number of nitrogens with zero attached hydrogens (tertiary/aromatic N) is 1. The molecule has 4 heterocycles. The first-order valence-electron chi connectivity index (χ1n) is 8.25. The standard InChI is InChI=1S/C17H21N3O3.ClH/c1-10-16(21)18-13-4-2-3-12(15(13)23-10)17(22)19-14-9-20-7-5-11(14)6-8-20;/h2-4,10-11,14H,5-9H2,1H3,(H,18,21)(H,19,22);1H. The van der Waals surface area contributed by atoms with Gasteiger partial charge >= 0.3 is 0 Å². The lowest BCUT2D eigenvalue weighted by atomic mass is 9.84. The van der Waals surface area contributed by atoms with E-state index in [1.54, 1.807) is 25.1 Å². The van der Waals surface area contributed by atoms with Crippen molar-refractivity contribution in [2.24, 2.45) is 5.92 Å². The fourth-order valence-corrected chi connectivity index (χ4v) is 3.78. The second-order valence-corrected chi connectivity index (χ2v) is 6.65. The van der Waals surface area contributed by atoms with E-state index >= 15 is 0 Å². The summed E-state index contributed by atoms with van der Waals surface area (Å²) in [6, 6.07) is 5.48. The number of ether oxygens (including phenoxy) is 1. The molecular weight excluding hydrogens is 330 g/mol. The third kappa shape index (κ3) is 2.96. The van der Waals surface area contributed by atoms with Gasteiger partial charge in [-0.05, 0) is 50.9 Å². The van der Waals surface area contributed by atoms with Gasteiger partial charge in [0.15, 0.2) is 11.9 Å². The summed E-state index contributed by atoms with van der Waals surface area (Å²) in [6.45, 7) is 4.90. The highest BCUT2D eigenvalue weighted by Crippen LogP contribution is 2.34. The zero-order chi connectivity index (χ0) is 16.0. The monoisotopic (exact) mass is 351 g/mol. The summed E-state index contributed by atoms with van der Waals surface area (Å²) in [5, 5.41) is 5.95. The maximum absolute atomic E-state index is 12.7. The van der Waals surface area contributed by atoms with Crippen molar-refractivity contribution < 1.29 is 14.3 Å². The highest BCUT2D eigenvalue weighted by atomic mass is 35.5. The van der Waals surface area contributed by atoms with Crippen LogP contribution in [-0.2, 0) is 4.79 Å². The molecule has 1 aromatic carbocycles. The molecule has 1 aromatic rings. The van der Waals surface area contributed by atoms with Crippen LogP contribution in [0.5, 0.6) is 5.75 Å². The average molecular weight is 352 g/mol. The Hall–Kier alpha value is -1.79. The lowest BCUT2D eigenvalue weighted by Crippen LogP contribution is -2.57. The Balaban J connectivity index is 0.00000169. The minimum absolute atomic E-state index is 0. The van der Waals surface area contributed by atoms with E-state index in [0.29, 0.717) is 22.9 Å². The molecule has 4 aliphatic rings. The van der Waals surface area contributed by atoms with E-state index in [1.165, 1.54) is 0 Å². The van der Waals surface area contributed by atoms with E-state index in [-0.39, 0.29) is 30.3 Å². The van der Waals surface area contributed by atoms with Gasteiger partial charge in [0.1, 0.15) is 0 Å². The summed E-state index contributed by atoms with van der Waals surface area (Å²) in [4.78, 5) is 26.8. The lowest BCUT2D eigenvalue weighted by molar-refractivity contribution is -0.122. The van der Waals surface area contributed by atoms with Gasteiger partial charge in [0.25, 0.3) is 11.8 Å². The Kier molecular flexibility index (Phi) is 4.69. The van der Waals surface area contributed by atoms with Crippen LogP contribution in [0.25, 0.3) is 0 Å². The van der Waals surface area contributed by atoms with Crippen LogP contribution in [0.1, 0.15) is 30.1 Å². The van der Waals surface area contributed by atoms with Gasteiger partial charge in [-0.3, -0.25) is 9.59 Å². The molecule has 5 rings (SSSR count). The van der Waals surface area contributed by atoms with Gasteiger partial charge in [0.05, 0.1) is 11.3 Å². The van der Waals surface area contributed by atoms with Crippen molar-refractivity contribution in [1.82, 2.24) is 10.2 Å². The molecule has 0 saturated carbocycles. The van der Waals surface area contributed by atoms with Crippen LogP contribution in [0.15, 0.2) is 18.2 Å². The number of fused-ring (bicyclic) bond motifs is 4. The highest BCUT2D eigenvalue weighted by molar-refractivity contribution is 6.04. The number of anilines is 1. The topological polar surface area (TPSA) is 70.7 Å². The van der Waals surface area contributed by atoms with Crippen molar-refractivity contribution in [3.8, 4) is 5.75 Å². The molecule has 24 heavy (non-hydrogen) atoms. The van der Waals surface area contributed by atoms with Crippen LogP contribution >= 0.6 is 12.4 Å². The van der Waals surface area contributed by atoms with Crippen LogP contribution in [0, 0.1) is 5.92 Å². The number of halogens is 1. The van der Waals surface area contributed by atoms with E-state index in [4.69, 9.17) is 4.74 Å². The van der Waals surface area contributed by atoms with Gasteiger partial charge in [-0.25, -0.2) is 0 Å². The predicted octanol–water partition coefficient (Wildman–Crippen LogP) is 1.65. The first-order chi connectivity index (χ1) is 11.1. The number of carbonyl (C=O) groups excluding carboxylic acids is 2. The number of para-hydroxylation sites is 1. The third-order valence-electron chi connectivity index (χ3n) is 5.15. The maximum Gasteiger partial charge on any atom is 0.265 e. The number of hydrogen-bond acceptors (Lipinski definition) is 4. The number of nitrogens with one attached hydrogen (secondary N) is 2. The minimum Gasteiger partial charge on any atom is -0.478 e. The summed E-state index contributed by atoms with van der Waals surface area (Å²) in [5.41, 5.74) is 1.06. The third-order valence-corrected chi connectivity index (χ3v) is 5.15. The fraction of sp³-hybridized carbons (Fsp3) is 0.529. The van der Waals surface area contributed by atoms with E-state index < -0.39 is 6.10 Å². The normalized spacial score (nSPS) is 30.5. The minimum atomic E-state index is -0.590. The summed E-state index contributed by atoms with van der Waals surface area (Å²) < 4.78 is 5.66. The Bertz CT molecular complexity index is 658. The zero-order valence-corrected chi connectivity index (χ0v) is 14.4. The molecule has 2 atom stereocenters. The predicted molar refractivity (Wildman–Crippen MR) is 92.8 cm³/mol. The quantitative estimate of drug-likeness (QED) is 0.850. The molecule has 2 amide bonds. The molecule has 2 N–H and O–H groups in total. The summed E-state index contributed by atoms with van der Waals surface area (Å²) >= 11 is 0. The number of carbonyl (C=O) groups is 2. The Labute approximate surface area is 147 Å². The van der Waals surface area contributed by atoms with Gasteiger partial charge in [0, 0.05) is 12.6 Å². The molecule has 130 valence electrons. The number of amides is 2. The van der Waals surface area contributed by atoms with Crippen LogP contribution in [0.3, 0.4) is 0 Å². The Morgan fingerprint density at radius 3 is 2.75 bits per heavy atom. The van der Waals surface area contributed by atoms with Crippen molar-refractivity contribution in [2.75, 3.05) is 25.0 Å². The largest absolute Gasteiger partial charge is 0.478 e. The molecular formula is C17H22ClN3O3. The van der Waals surface area contributed by atoms with Crippen LogP contribution < -0.4 is 15.4 Å². The number of benzene rings is 1. The zero-order valence-electron chi connectivity index (χ0n) is 13.6. The molecule has 2 bridgehead atoms. The highest BCUT2D eigenvalue weighted by Gasteiger charge is 2.36. The van der Waals surface area contributed by atoms with Gasteiger partial charge in [-0.1, -0.05) is 6.07 Å². The Morgan fingerprint density at radius 1 is 1.33 bits per heavy atom. The molecule has 2 unspecified atom stereocenters. The fourth-order valence-electron chi connectivity index (χ4n) is 3.78. The Morgan fingerprint density at radius 2 is 2.08 bits per heavy atom. The first-order valence-corrected chi connectivity index (χ1v) is 8.25. The molecule has 0 spiro atoms. The van der Waals surface area contributed by atoms with Crippen molar-refractivity contribution >= 4 is 29.9 Å². The van der Waals surface area contributed by atoms with E-state index in [9.17, 15) is 9.59 Å².